The second-order valence-corrected chi connectivity index (χ2v) is 8.75. The fraction of sp³-hybridized carbons (Fsp3) is 0.423. The summed E-state index contributed by atoms with van der Waals surface area (Å²) in [5, 5.41) is 0. The maximum atomic E-state index is 12.9. The van der Waals surface area contributed by atoms with Crippen LogP contribution >= 0.6 is 0 Å². The maximum Gasteiger partial charge on any atom is 0.339 e. The van der Waals surface area contributed by atoms with E-state index >= 15 is 0 Å². The SMILES string of the molecule is Cc1ccc(C(=O)c2ccccc2C(=O)OCC(=O)N2CC[C@@H]3CCCC[C@@H]3C2)cc1. The minimum absolute atomic E-state index is 0.153. The Morgan fingerprint density at radius 2 is 1.58 bits per heavy atom. The van der Waals surface area contributed by atoms with E-state index in [4.69, 9.17) is 4.74 Å². The van der Waals surface area contributed by atoms with Crippen LogP contribution in [0.2, 0.25) is 0 Å². The Morgan fingerprint density at radius 3 is 2.32 bits per heavy atom. The molecule has 2 fully saturated rings. The first kappa shape index (κ1) is 21.3. The number of carbonyl (C=O) groups is 3. The molecule has 0 aromatic heterocycles. The molecule has 31 heavy (non-hydrogen) atoms. The van der Waals surface area contributed by atoms with Crippen molar-refractivity contribution in [2.75, 3.05) is 19.7 Å². The topological polar surface area (TPSA) is 63.7 Å². The third kappa shape index (κ3) is 4.87. The number of ether oxygens (including phenoxy) is 1. The molecule has 2 aromatic carbocycles. The van der Waals surface area contributed by atoms with Crippen LogP contribution in [-0.4, -0.2) is 42.3 Å². The number of hydrogen-bond donors (Lipinski definition) is 0. The van der Waals surface area contributed by atoms with E-state index in [0.717, 1.165) is 31.0 Å². The summed E-state index contributed by atoms with van der Waals surface area (Å²) < 4.78 is 5.34. The van der Waals surface area contributed by atoms with Crippen molar-refractivity contribution in [3.8, 4) is 0 Å². The summed E-state index contributed by atoms with van der Waals surface area (Å²) >= 11 is 0. The number of benzene rings is 2. The fourth-order valence-corrected chi connectivity index (χ4v) is 4.84. The summed E-state index contributed by atoms with van der Waals surface area (Å²) in [6.07, 6.45) is 6.03. The molecule has 4 rings (SSSR count). The van der Waals surface area contributed by atoms with Crippen LogP contribution in [0, 0.1) is 18.8 Å². The van der Waals surface area contributed by atoms with E-state index in [1.807, 2.05) is 24.0 Å². The molecule has 1 aliphatic carbocycles. The van der Waals surface area contributed by atoms with Crippen molar-refractivity contribution in [3.63, 3.8) is 0 Å². The van der Waals surface area contributed by atoms with Crippen molar-refractivity contribution in [1.82, 2.24) is 4.90 Å². The minimum atomic E-state index is -0.642. The zero-order valence-corrected chi connectivity index (χ0v) is 18.0. The fourth-order valence-electron chi connectivity index (χ4n) is 4.84. The number of esters is 1. The van der Waals surface area contributed by atoms with E-state index in [1.54, 1.807) is 36.4 Å². The number of likely N-dealkylation sites (tertiary alicyclic amines) is 1. The molecule has 0 spiro atoms. The van der Waals surface area contributed by atoms with Crippen molar-refractivity contribution in [3.05, 3.63) is 70.8 Å². The van der Waals surface area contributed by atoms with Gasteiger partial charge in [-0.05, 0) is 37.7 Å². The Bertz CT molecular complexity index is 966. The predicted octanol–water partition coefficient (Wildman–Crippen LogP) is 4.42. The summed E-state index contributed by atoms with van der Waals surface area (Å²) in [6.45, 7) is 3.17. The van der Waals surface area contributed by atoms with E-state index in [9.17, 15) is 14.4 Å². The van der Waals surface area contributed by atoms with Gasteiger partial charge in [0.05, 0.1) is 5.56 Å². The zero-order valence-electron chi connectivity index (χ0n) is 18.0. The highest BCUT2D eigenvalue weighted by atomic mass is 16.5. The van der Waals surface area contributed by atoms with Gasteiger partial charge in [0.15, 0.2) is 12.4 Å². The third-order valence-electron chi connectivity index (χ3n) is 6.68. The summed E-state index contributed by atoms with van der Waals surface area (Å²) in [5.41, 5.74) is 2.04. The molecule has 2 atom stereocenters. The highest BCUT2D eigenvalue weighted by Gasteiger charge is 2.33. The minimum Gasteiger partial charge on any atom is -0.452 e. The molecular formula is C26H29NO4. The van der Waals surface area contributed by atoms with Gasteiger partial charge in [0.2, 0.25) is 0 Å². The highest BCUT2D eigenvalue weighted by molar-refractivity contribution is 6.14. The van der Waals surface area contributed by atoms with Gasteiger partial charge in [0.1, 0.15) is 0 Å². The molecule has 0 radical (unpaired) electrons. The standard InChI is InChI=1S/C26H29NO4/c1-18-10-12-20(13-11-18)25(29)22-8-4-5-9-23(22)26(30)31-17-24(28)27-15-14-19-6-2-3-7-21(19)16-27/h4-5,8-13,19,21H,2-3,6-7,14-17H2,1H3/t19-,21+/m0/s1. The molecule has 1 saturated heterocycles. The van der Waals surface area contributed by atoms with E-state index < -0.39 is 5.97 Å². The van der Waals surface area contributed by atoms with Crippen LogP contribution < -0.4 is 0 Å². The zero-order chi connectivity index (χ0) is 21.8. The van der Waals surface area contributed by atoms with E-state index in [0.29, 0.717) is 11.5 Å². The first-order valence-electron chi connectivity index (χ1n) is 11.2. The number of nitrogens with zero attached hydrogens (tertiary/aromatic N) is 1. The first-order valence-corrected chi connectivity index (χ1v) is 11.2. The lowest BCUT2D eigenvalue weighted by Crippen LogP contribution is -2.46. The first-order chi connectivity index (χ1) is 15.0. The van der Waals surface area contributed by atoms with Gasteiger partial charge in [-0.3, -0.25) is 9.59 Å². The summed E-state index contributed by atoms with van der Waals surface area (Å²) in [4.78, 5) is 40.1. The molecule has 5 nitrogen and oxygen atoms in total. The van der Waals surface area contributed by atoms with Crippen LogP contribution in [0.25, 0.3) is 0 Å². The van der Waals surface area contributed by atoms with Gasteiger partial charge >= 0.3 is 5.97 Å². The monoisotopic (exact) mass is 419 g/mol. The molecule has 5 heteroatoms. The van der Waals surface area contributed by atoms with Crippen molar-refractivity contribution in [2.45, 2.75) is 39.0 Å². The normalized spacial score (nSPS) is 20.6. The van der Waals surface area contributed by atoms with Crippen LogP contribution in [0.15, 0.2) is 48.5 Å². The second-order valence-electron chi connectivity index (χ2n) is 8.75. The van der Waals surface area contributed by atoms with E-state index in [2.05, 4.69) is 0 Å². The Labute approximate surface area is 183 Å². The number of rotatable bonds is 5. The van der Waals surface area contributed by atoms with Crippen LogP contribution in [0.3, 0.4) is 0 Å². The van der Waals surface area contributed by atoms with Crippen LogP contribution in [0.4, 0.5) is 0 Å². The van der Waals surface area contributed by atoms with E-state index in [-0.39, 0.29) is 29.4 Å². The quantitative estimate of drug-likeness (QED) is 0.532. The summed E-state index contributed by atoms with van der Waals surface area (Å²) in [7, 11) is 0. The second kappa shape index (κ2) is 9.46. The van der Waals surface area contributed by atoms with E-state index in [1.165, 1.54) is 25.7 Å². The summed E-state index contributed by atoms with van der Waals surface area (Å²) in [6, 6.07) is 13.8. The largest absolute Gasteiger partial charge is 0.452 e. The molecule has 1 aliphatic heterocycles. The van der Waals surface area contributed by atoms with Gasteiger partial charge in [-0.1, -0.05) is 67.3 Å². The van der Waals surface area contributed by atoms with Crippen molar-refractivity contribution in [2.24, 2.45) is 11.8 Å². The molecule has 2 aliphatic rings. The number of piperidine rings is 1. The Morgan fingerprint density at radius 1 is 0.903 bits per heavy atom. The van der Waals surface area contributed by atoms with Gasteiger partial charge in [-0.15, -0.1) is 0 Å². The lowest BCUT2D eigenvalue weighted by Gasteiger charge is -2.41. The predicted molar refractivity (Wildman–Crippen MR) is 118 cm³/mol. The van der Waals surface area contributed by atoms with Crippen molar-refractivity contribution in [1.29, 1.82) is 0 Å². The lowest BCUT2D eigenvalue weighted by molar-refractivity contribution is -0.137. The van der Waals surface area contributed by atoms with Gasteiger partial charge in [0, 0.05) is 24.2 Å². The molecule has 0 unspecified atom stereocenters. The Hall–Kier alpha value is -2.95. The Balaban J connectivity index is 1.39. The van der Waals surface area contributed by atoms with Gasteiger partial charge in [-0.25, -0.2) is 4.79 Å². The molecule has 2 aromatic rings. The number of aryl methyl sites for hydroxylation is 1. The number of carbonyl (C=O) groups excluding carboxylic acids is 3. The van der Waals surface area contributed by atoms with Crippen LogP contribution in [0.5, 0.6) is 0 Å². The smallest absolute Gasteiger partial charge is 0.339 e. The van der Waals surface area contributed by atoms with Gasteiger partial charge in [-0.2, -0.15) is 0 Å². The molecule has 1 amide bonds. The van der Waals surface area contributed by atoms with Crippen LogP contribution in [-0.2, 0) is 9.53 Å². The number of amides is 1. The van der Waals surface area contributed by atoms with Crippen molar-refractivity contribution < 1.29 is 19.1 Å². The molecular weight excluding hydrogens is 390 g/mol. The van der Waals surface area contributed by atoms with Crippen LogP contribution in [0.1, 0.15) is 63.9 Å². The highest BCUT2D eigenvalue weighted by Crippen LogP contribution is 2.36. The summed E-state index contributed by atoms with van der Waals surface area (Å²) in [5.74, 6) is 0.282. The molecule has 1 heterocycles. The number of fused-ring (bicyclic) bond motifs is 1. The average Bonchev–Trinajstić information content (AvgIpc) is 2.82. The van der Waals surface area contributed by atoms with Gasteiger partial charge < -0.3 is 9.64 Å². The molecule has 162 valence electrons. The maximum absolute atomic E-state index is 12.9. The number of hydrogen-bond acceptors (Lipinski definition) is 4. The molecule has 1 saturated carbocycles. The lowest BCUT2D eigenvalue weighted by atomic mass is 9.75. The Kier molecular flexibility index (Phi) is 6.50. The average molecular weight is 420 g/mol. The molecule has 0 bridgehead atoms. The molecule has 0 N–H and O–H groups in total. The number of ketones is 1. The van der Waals surface area contributed by atoms with Gasteiger partial charge in [0.25, 0.3) is 5.91 Å². The van der Waals surface area contributed by atoms with Crippen molar-refractivity contribution >= 4 is 17.7 Å². The third-order valence-corrected chi connectivity index (χ3v) is 6.68.